The Morgan fingerprint density at radius 3 is 2.74 bits per heavy atom. The van der Waals surface area contributed by atoms with E-state index in [0.29, 0.717) is 25.2 Å². The van der Waals surface area contributed by atoms with E-state index >= 15 is 0 Å². The van der Waals surface area contributed by atoms with Crippen LogP contribution in [0.15, 0.2) is 48.7 Å². The van der Waals surface area contributed by atoms with Crippen molar-refractivity contribution in [3.05, 3.63) is 65.5 Å². The summed E-state index contributed by atoms with van der Waals surface area (Å²) in [4.78, 5) is 37.8. The highest BCUT2D eigenvalue weighted by Gasteiger charge is 2.33. The van der Waals surface area contributed by atoms with Crippen LogP contribution in [0.25, 0.3) is 11.0 Å². The monoisotopic (exact) mass is 528 g/mol. The molecule has 1 fully saturated rings. The smallest absolute Gasteiger partial charge is 0.337 e. The van der Waals surface area contributed by atoms with Gasteiger partial charge in [-0.15, -0.1) is 0 Å². The second kappa shape index (κ2) is 11.3. The zero-order valence-corrected chi connectivity index (χ0v) is 21.6. The van der Waals surface area contributed by atoms with E-state index in [1.165, 1.54) is 6.07 Å². The van der Waals surface area contributed by atoms with Crippen molar-refractivity contribution < 1.29 is 22.8 Å². The fourth-order valence-corrected chi connectivity index (χ4v) is 4.67. The number of hydrogen-bond donors (Lipinski definition) is 1. The van der Waals surface area contributed by atoms with Crippen molar-refractivity contribution in [2.45, 2.75) is 38.4 Å². The number of imidazole rings is 1. The topological polar surface area (TPSA) is 83.4 Å². The number of carbonyl (C=O) groups excluding carboxylic acids is 2. The molecular weight excluding hydrogens is 497 g/mol. The number of halogens is 3. The third-order valence-corrected chi connectivity index (χ3v) is 6.50. The summed E-state index contributed by atoms with van der Waals surface area (Å²) in [5.74, 6) is -0.575. The first-order chi connectivity index (χ1) is 18.0. The first kappa shape index (κ1) is 27.3. The first-order valence-corrected chi connectivity index (χ1v) is 12.5. The Morgan fingerprint density at radius 1 is 1.21 bits per heavy atom. The fraction of sp³-hybridized carbons (Fsp3) is 0.407. The van der Waals surface area contributed by atoms with Gasteiger partial charge in [0.05, 0.1) is 17.1 Å². The molecule has 1 aromatic carbocycles. The molecule has 11 heteroatoms. The third-order valence-electron chi connectivity index (χ3n) is 6.50. The lowest BCUT2D eigenvalue weighted by Gasteiger charge is -2.26. The van der Waals surface area contributed by atoms with Gasteiger partial charge in [0, 0.05) is 37.5 Å². The van der Waals surface area contributed by atoms with Crippen molar-refractivity contribution in [3.8, 4) is 0 Å². The molecule has 0 unspecified atom stereocenters. The number of amides is 2. The Balaban J connectivity index is 1.68. The van der Waals surface area contributed by atoms with Crippen molar-refractivity contribution in [1.82, 2.24) is 24.3 Å². The largest absolute Gasteiger partial charge is 0.433 e. The van der Waals surface area contributed by atoms with E-state index in [1.807, 2.05) is 54.8 Å². The highest BCUT2D eigenvalue weighted by Crippen LogP contribution is 2.32. The molecule has 0 aliphatic carbocycles. The minimum atomic E-state index is -4.67. The molecule has 1 saturated heterocycles. The summed E-state index contributed by atoms with van der Waals surface area (Å²) in [6, 6.07) is 7.39. The normalized spacial score (nSPS) is 16.8. The van der Waals surface area contributed by atoms with Gasteiger partial charge in [0.1, 0.15) is 5.69 Å². The predicted molar refractivity (Wildman–Crippen MR) is 139 cm³/mol. The quantitative estimate of drug-likeness (QED) is 0.470. The van der Waals surface area contributed by atoms with E-state index in [0.717, 1.165) is 42.6 Å². The summed E-state index contributed by atoms with van der Waals surface area (Å²) < 4.78 is 41.4. The number of rotatable bonds is 6. The first-order valence-electron chi connectivity index (χ1n) is 12.5. The lowest BCUT2D eigenvalue weighted by molar-refractivity contribution is -0.141. The summed E-state index contributed by atoms with van der Waals surface area (Å²) in [7, 11) is 3.85. The van der Waals surface area contributed by atoms with Gasteiger partial charge < -0.3 is 14.4 Å². The number of likely N-dealkylation sites (tertiary alicyclic amines) is 1. The van der Waals surface area contributed by atoms with Gasteiger partial charge in [0.25, 0.3) is 5.91 Å². The molecule has 0 bridgehead atoms. The van der Waals surface area contributed by atoms with Crippen LogP contribution < -0.4 is 5.32 Å². The molecule has 2 aromatic heterocycles. The van der Waals surface area contributed by atoms with Crippen LogP contribution in [0.2, 0.25) is 0 Å². The van der Waals surface area contributed by atoms with Gasteiger partial charge in [-0.2, -0.15) is 13.2 Å². The van der Waals surface area contributed by atoms with Crippen LogP contribution >= 0.6 is 0 Å². The van der Waals surface area contributed by atoms with Gasteiger partial charge in [-0.05, 0) is 64.0 Å². The number of para-hydroxylation sites is 1. The number of pyridine rings is 1. The number of hydrogen-bond acceptors (Lipinski definition) is 5. The second-order valence-electron chi connectivity index (χ2n) is 9.73. The van der Waals surface area contributed by atoms with Crippen LogP contribution in [0.1, 0.15) is 46.9 Å². The molecular formula is C27H31F3N6O2. The number of alkyl halides is 3. The fourth-order valence-electron chi connectivity index (χ4n) is 4.67. The zero-order chi connectivity index (χ0) is 27.4. The number of carbonyl (C=O) groups is 2. The van der Waals surface area contributed by atoms with Crippen LogP contribution in [0.3, 0.4) is 0 Å². The Kier molecular flexibility index (Phi) is 8.15. The summed E-state index contributed by atoms with van der Waals surface area (Å²) in [5.41, 5.74) is 1.09. The maximum Gasteiger partial charge on any atom is 0.433 e. The average Bonchev–Trinajstić information content (AvgIpc) is 3.05. The van der Waals surface area contributed by atoms with Crippen LogP contribution in [0, 0.1) is 6.92 Å². The molecule has 38 heavy (non-hydrogen) atoms. The Bertz CT molecular complexity index is 1350. The molecule has 3 aromatic rings. The molecule has 4 rings (SSSR count). The van der Waals surface area contributed by atoms with Crippen molar-refractivity contribution >= 4 is 28.8 Å². The van der Waals surface area contributed by atoms with Gasteiger partial charge in [0.2, 0.25) is 11.9 Å². The van der Waals surface area contributed by atoms with Crippen LogP contribution in [-0.2, 0) is 11.0 Å². The van der Waals surface area contributed by atoms with Crippen LogP contribution in [0.5, 0.6) is 0 Å². The lowest BCUT2D eigenvalue weighted by atomic mass is 10.1. The van der Waals surface area contributed by atoms with Crippen molar-refractivity contribution in [2.24, 2.45) is 0 Å². The minimum Gasteiger partial charge on any atom is -0.337 e. The third kappa shape index (κ3) is 6.21. The molecule has 0 saturated carbocycles. The summed E-state index contributed by atoms with van der Waals surface area (Å²) >= 11 is 0. The lowest BCUT2D eigenvalue weighted by Crippen LogP contribution is -2.35. The van der Waals surface area contributed by atoms with E-state index in [1.54, 1.807) is 11.0 Å². The molecule has 1 aliphatic rings. The number of aryl methyl sites for hydroxylation is 1. The van der Waals surface area contributed by atoms with Gasteiger partial charge in [-0.1, -0.05) is 18.2 Å². The number of nitrogens with one attached hydrogen (secondary N) is 1. The van der Waals surface area contributed by atoms with E-state index in [4.69, 9.17) is 0 Å². The minimum absolute atomic E-state index is 0.0815. The van der Waals surface area contributed by atoms with Gasteiger partial charge in [-0.3, -0.25) is 19.9 Å². The number of anilines is 1. The second-order valence-corrected chi connectivity index (χ2v) is 9.73. The number of aromatic nitrogens is 3. The molecule has 0 spiro atoms. The summed E-state index contributed by atoms with van der Waals surface area (Å²) in [6.07, 6.45) is 2.17. The standard InChI is InChI=1S/C27H31F3N6O2/c1-18-8-6-10-21-24(18)36(20-9-4-5-15-35(17-20)23(37)11-7-14-34(2)3)26(32-21)33-25(38)19-12-13-31-22(16-19)27(28,29)30/h6-8,10-13,16,20H,4-5,9,14-15,17H2,1-3H3,(H,32,33,38)/t20-/m1/s1. The highest BCUT2D eigenvalue weighted by molar-refractivity contribution is 6.04. The van der Waals surface area contributed by atoms with Crippen molar-refractivity contribution in [1.29, 1.82) is 0 Å². The Morgan fingerprint density at radius 2 is 2.00 bits per heavy atom. The number of nitrogens with zero attached hydrogens (tertiary/aromatic N) is 5. The molecule has 2 amide bonds. The Hall–Kier alpha value is -3.73. The number of likely N-dealkylation sites (N-methyl/N-ethyl adjacent to an activating group) is 1. The maximum atomic E-state index is 13.2. The zero-order valence-electron chi connectivity index (χ0n) is 21.6. The number of fused-ring (bicyclic) bond motifs is 1. The van der Waals surface area contributed by atoms with Crippen LogP contribution in [-0.4, -0.2) is 69.9 Å². The SMILES string of the molecule is Cc1cccc2nc(NC(=O)c3ccnc(C(F)(F)F)c3)n([C@@H]3CCCCN(C(=O)C=CCN(C)C)C3)c12. The molecule has 3 heterocycles. The van der Waals surface area contributed by atoms with Crippen LogP contribution in [0.4, 0.5) is 19.1 Å². The maximum absolute atomic E-state index is 13.2. The van der Waals surface area contributed by atoms with Crippen molar-refractivity contribution in [2.75, 3.05) is 39.0 Å². The predicted octanol–water partition coefficient (Wildman–Crippen LogP) is 4.68. The van der Waals surface area contributed by atoms with E-state index in [2.05, 4.69) is 15.3 Å². The summed E-state index contributed by atoms with van der Waals surface area (Å²) in [6.45, 7) is 3.62. The Labute approximate surface area is 219 Å². The molecule has 1 N–H and O–H groups in total. The number of benzene rings is 1. The van der Waals surface area contributed by atoms with Crippen molar-refractivity contribution in [3.63, 3.8) is 0 Å². The highest BCUT2D eigenvalue weighted by atomic mass is 19.4. The van der Waals surface area contributed by atoms with Gasteiger partial charge in [-0.25, -0.2) is 4.98 Å². The molecule has 0 radical (unpaired) electrons. The molecule has 202 valence electrons. The van der Waals surface area contributed by atoms with E-state index in [-0.39, 0.29) is 23.5 Å². The average molecular weight is 529 g/mol. The van der Waals surface area contributed by atoms with Gasteiger partial charge >= 0.3 is 6.18 Å². The molecule has 1 aliphatic heterocycles. The van der Waals surface area contributed by atoms with E-state index < -0.39 is 17.8 Å². The molecule has 8 nitrogen and oxygen atoms in total. The van der Waals surface area contributed by atoms with Gasteiger partial charge in [0.15, 0.2) is 0 Å². The van der Waals surface area contributed by atoms with E-state index in [9.17, 15) is 22.8 Å². The summed E-state index contributed by atoms with van der Waals surface area (Å²) in [5, 5.41) is 2.73. The molecule has 1 atom stereocenters.